The summed E-state index contributed by atoms with van der Waals surface area (Å²) >= 11 is 0. The third-order valence-electron chi connectivity index (χ3n) is 3.64. The van der Waals surface area contributed by atoms with Gasteiger partial charge in [0.05, 0.1) is 18.8 Å². The van der Waals surface area contributed by atoms with E-state index in [2.05, 4.69) is 10.4 Å². The Labute approximate surface area is 124 Å². The van der Waals surface area contributed by atoms with E-state index in [1.54, 1.807) is 17.7 Å². The standard InChI is InChI=1S/C15H22N4O2/c1-11-13(12(2)19(17-11)8-9-21-4)10-16-15(20)14-6-5-7-18(14)3/h5-7H,8-10H2,1-4H3,(H,16,20). The smallest absolute Gasteiger partial charge is 0.268 e. The van der Waals surface area contributed by atoms with Gasteiger partial charge in [0.2, 0.25) is 0 Å². The lowest BCUT2D eigenvalue weighted by Gasteiger charge is -2.07. The summed E-state index contributed by atoms with van der Waals surface area (Å²) < 4.78 is 8.80. The van der Waals surface area contributed by atoms with E-state index in [-0.39, 0.29) is 5.91 Å². The van der Waals surface area contributed by atoms with Crippen LogP contribution in [0.15, 0.2) is 18.3 Å². The minimum atomic E-state index is -0.0778. The molecule has 1 N–H and O–H groups in total. The van der Waals surface area contributed by atoms with Gasteiger partial charge in [-0.2, -0.15) is 5.10 Å². The zero-order chi connectivity index (χ0) is 15.4. The van der Waals surface area contributed by atoms with Crippen molar-refractivity contribution < 1.29 is 9.53 Å². The van der Waals surface area contributed by atoms with Crippen LogP contribution in [0.25, 0.3) is 0 Å². The Bertz CT molecular complexity index is 628. The van der Waals surface area contributed by atoms with E-state index in [1.165, 1.54) is 0 Å². The second-order valence-corrected chi connectivity index (χ2v) is 5.05. The highest BCUT2D eigenvalue weighted by Gasteiger charge is 2.14. The van der Waals surface area contributed by atoms with Crippen LogP contribution < -0.4 is 5.32 Å². The number of nitrogens with zero attached hydrogens (tertiary/aromatic N) is 3. The average Bonchev–Trinajstić information content (AvgIpc) is 2.99. The van der Waals surface area contributed by atoms with E-state index in [4.69, 9.17) is 4.74 Å². The summed E-state index contributed by atoms with van der Waals surface area (Å²) in [5.41, 5.74) is 3.72. The first kappa shape index (κ1) is 15.3. The summed E-state index contributed by atoms with van der Waals surface area (Å²) in [6.07, 6.45) is 1.86. The largest absolute Gasteiger partial charge is 0.383 e. The second-order valence-electron chi connectivity index (χ2n) is 5.05. The number of nitrogens with one attached hydrogen (secondary N) is 1. The quantitative estimate of drug-likeness (QED) is 0.875. The summed E-state index contributed by atoms with van der Waals surface area (Å²) in [7, 11) is 3.53. The molecular formula is C15H22N4O2. The van der Waals surface area contributed by atoms with Crippen molar-refractivity contribution in [2.45, 2.75) is 26.9 Å². The second kappa shape index (κ2) is 6.58. The molecule has 6 heteroatoms. The number of rotatable bonds is 6. The molecule has 6 nitrogen and oxygen atoms in total. The molecule has 0 saturated heterocycles. The van der Waals surface area contributed by atoms with Crippen molar-refractivity contribution in [3.8, 4) is 0 Å². The maximum absolute atomic E-state index is 12.1. The molecule has 114 valence electrons. The van der Waals surface area contributed by atoms with Gasteiger partial charge >= 0.3 is 0 Å². The van der Waals surface area contributed by atoms with Gasteiger partial charge in [-0.25, -0.2) is 0 Å². The van der Waals surface area contributed by atoms with Crippen LogP contribution in [0.4, 0.5) is 0 Å². The van der Waals surface area contributed by atoms with Gasteiger partial charge in [-0.1, -0.05) is 0 Å². The predicted molar refractivity (Wildman–Crippen MR) is 80.2 cm³/mol. The minimum absolute atomic E-state index is 0.0778. The number of hydrogen-bond acceptors (Lipinski definition) is 3. The molecule has 0 fully saturated rings. The Kier molecular flexibility index (Phi) is 4.80. The maximum atomic E-state index is 12.1. The zero-order valence-electron chi connectivity index (χ0n) is 13.0. The molecule has 0 aromatic carbocycles. The molecule has 0 radical (unpaired) electrons. The third kappa shape index (κ3) is 3.33. The SMILES string of the molecule is COCCn1nc(C)c(CNC(=O)c2cccn2C)c1C. The lowest BCUT2D eigenvalue weighted by atomic mass is 10.2. The van der Waals surface area contributed by atoms with Crippen LogP contribution in [0.3, 0.4) is 0 Å². The molecule has 21 heavy (non-hydrogen) atoms. The summed E-state index contributed by atoms with van der Waals surface area (Å²) in [6, 6.07) is 3.66. The first-order valence-corrected chi connectivity index (χ1v) is 6.96. The van der Waals surface area contributed by atoms with Crippen molar-refractivity contribution in [1.29, 1.82) is 0 Å². The first-order valence-electron chi connectivity index (χ1n) is 6.96. The number of hydrogen-bond donors (Lipinski definition) is 1. The van der Waals surface area contributed by atoms with E-state index in [0.29, 0.717) is 18.8 Å². The number of aryl methyl sites for hydroxylation is 2. The molecule has 0 aliphatic rings. The number of amides is 1. The number of ether oxygens (including phenoxy) is 1. The summed E-state index contributed by atoms with van der Waals surface area (Å²) in [5.74, 6) is -0.0778. The van der Waals surface area contributed by atoms with Crippen molar-refractivity contribution in [2.24, 2.45) is 7.05 Å². The van der Waals surface area contributed by atoms with E-state index in [0.717, 1.165) is 23.5 Å². The fourth-order valence-electron chi connectivity index (χ4n) is 2.34. The third-order valence-corrected chi connectivity index (χ3v) is 3.64. The fraction of sp³-hybridized carbons (Fsp3) is 0.467. The Hall–Kier alpha value is -2.08. The van der Waals surface area contributed by atoms with Crippen LogP contribution in [0.1, 0.15) is 27.4 Å². The predicted octanol–water partition coefficient (Wildman–Crippen LogP) is 1.41. The maximum Gasteiger partial charge on any atom is 0.268 e. The highest BCUT2D eigenvalue weighted by molar-refractivity contribution is 5.92. The molecule has 2 aromatic heterocycles. The molecule has 0 spiro atoms. The van der Waals surface area contributed by atoms with Gasteiger partial charge in [0.1, 0.15) is 5.69 Å². The van der Waals surface area contributed by atoms with Crippen LogP contribution in [-0.4, -0.2) is 34.0 Å². The molecule has 1 amide bonds. The van der Waals surface area contributed by atoms with Gasteiger partial charge in [0.15, 0.2) is 0 Å². The van der Waals surface area contributed by atoms with Crippen LogP contribution in [0, 0.1) is 13.8 Å². The van der Waals surface area contributed by atoms with Gasteiger partial charge in [-0.05, 0) is 26.0 Å². The molecule has 2 heterocycles. The number of carbonyl (C=O) groups excluding carboxylic acids is 1. The van der Waals surface area contributed by atoms with Gasteiger partial charge in [0.25, 0.3) is 5.91 Å². The molecule has 0 unspecified atom stereocenters. The van der Waals surface area contributed by atoms with E-state index < -0.39 is 0 Å². The van der Waals surface area contributed by atoms with E-state index in [9.17, 15) is 4.79 Å². The molecular weight excluding hydrogens is 268 g/mol. The summed E-state index contributed by atoms with van der Waals surface area (Å²) in [4.78, 5) is 12.1. The van der Waals surface area contributed by atoms with Crippen molar-refractivity contribution in [3.63, 3.8) is 0 Å². The molecule has 0 aliphatic heterocycles. The lowest BCUT2D eigenvalue weighted by molar-refractivity contribution is 0.0942. The minimum Gasteiger partial charge on any atom is -0.383 e. The monoisotopic (exact) mass is 290 g/mol. The van der Waals surface area contributed by atoms with Crippen LogP contribution >= 0.6 is 0 Å². The molecule has 0 bridgehead atoms. The van der Waals surface area contributed by atoms with Crippen LogP contribution in [0.5, 0.6) is 0 Å². The number of methoxy groups -OCH3 is 1. The Morgan fingerprint density at radius 2 is 2.19 bits per heavy atom. The van der Waals surface area contributed by atoms with Crippen LogP contribution in [-0.2, 0) is 24.9 Å². The van der Waals surface area contributed by atoms with Gasteiger partial charge in [0, 0.05) is 38.2 Å². The molecule has 2 aromatic rings. The molecule has 0 atom stereocenters. The van der Waals surface area contributed by atoms with E-state index in [1.807, 2.05) is 37.8 Å². The number of aromatic nitrogens is 3. The first-order chi connectivity index (χ1) is 10.0. The fourth-order valence-corrected chi connectivity index (χ4v) is 2.34. The van der Waals surface area contributed by atoms with Gasteiger partial charge < -0.3 is 14.6 Å². The molecule has 0 saturated carbocycles. The van der Waals surface area contributed by atoms with Gasteiger partial charge in [-0.15, -0.1) is 0 Å². The Balaban J connectivity index is 2.05. The van der Waals surface area contributed by atoms with Crippen molar-refractivity contribution in [3.05, 3.63) is 41.0 Å². The molecule has 2 rings (SSSR count). The normalized spacial score (nSPS) is 10.9. The van der Waals surface area contributed by atoms with Gasteiger partial charge in [-0.3, -0.25) is 9.48 Å². The van der Waals surface area contributed by atoms with E-state index >= 15 is 0 Å². The van der Waals surface area contributed by atoms with Crippen molar-refractivity contribution in [2.75, 3.05) is 13.7 Å². The van der Waals surface area contributed by atoms with Crippen molar-refractivity contribution >= 4 is 5.91 Å². The Morgan fingerprint density at radius 3 is 2.81 bits per heavy atom. The van der Waals surface area contributed by atoms with Crippen molar-refractivity contribution in [1.82, 2.24) is 19.7 Å². The van der Waals surface area contributed by atoms with Crippen LogP contribution in [0.2, 0.25) is 0 Å². The topological polar surface area (TPSA) is 61.1 Å². The highest BCUT2D eigenvalue weighted by Crippen LogP contribution is 2.13. The summed E-state index contributed by atoms with van der Waals surface area (Å²) in [5, 5.41) is 7.44. The zero-order valence-corrected chi connectivity index (χ0v) is 13.0. The average molecular weight is 290 g/mol. The highest BCUT2D eigenvalue weighted by atomic mass is 16.5. The number of carbonyl (C=O) groups is 1. The lowest BCUT2D eigenvalue weighted by Crippen LogP contribution is -2.25. The summed E-state index contributed by atoms with van der Waals surface area (Å²) in [6.45, 7) is 5.79. The Morgan fingerprint density at radius 1 is 1.43 bits per heavy atom. The molecule has 0 aliphatic carbocycles.